The number of nitro groups is 1. The second-order valence-corrected chi connectivity index (χ2v) is 5.16. The third kappa shape index (κ3) is 3.22. The van der Waals surface area contributed by atoms with Crippen molar-refractivity contribution in [3.8, 4) is 5.75 Å². The van der Waals surface area contributed by atoms with Crippen LogP contribution in [0.2, 0.25) is 0 Å². The van der Waals surface area contributed by atoms with Crippen LogP contribution in [0.15, 0.2) is 60.7 Å². The van der Waals surface area contributed by atoms with Crippen LogP contribution in [0.3, 0.4) is 0 Å². The number of carbonyl (C=O) groups excluding carboxylic acids is 1. The number of nitro benzene ring substituents is 1. The first-order valence-corrected chi connectivity index (χ1v) is 7.16. The number of carbonyl (C=O) groups is 1. The van der Waals surface area contributed by atoms with Crippen LogP contribution in [0.1, 0.15) is 5.56 Å². The fourth-order valence-electron chi connectivity index (χ4n) is 2.48. The van der Waals surface area contributed by atoms with Crippen LogP contribution in [0, 0.1) is 15.9 Å². The predicted molar refractivity (Wildman–Crippen MR) is 86.3 cm³/mol. The SMILES string of the molecule is O=C(Cc1cccc2ccccc12)Oc1cc(F)ccc1[N+](=O)[O-]. The lowest BCUT2D eigenvalue weighted by Gasteiger charge is -2.07. The third-order valence-electron chi connectivity index (χ3n) is 3.56. The Kier molecular flexibility index (Phi) is 4.20. The molecule has 0 N–H and O–H groups in total. The first-order valence-electron chi connectivity index (χ1n) is 7.16. The van der Waals surface area contributed by atoms with Gasteiger partial charge in [-0.3, -0.25) is 14.9 Å². The number of esters is 1. The van der Waals surface area contributed by atoms with E-state index in [0.717, 1.165) is 34.5 Å². The average Bonchev–Trinajstić information content (AvgIpc) is 2.55. The number of hydrogen-bond donors (Lipinski definition) is 0. The van der Waals surface area contributed by atoms with Gasteiger partial charge in [0.15, 0.2) is 0 Å². The molecule has 0 aromatic heterocycles. The first kappa shape index (κ1) is 15.6. The van der Waals surface area contributed by atoms with Crippen LogP contribution < -0.4 is 4.74 Å². The van der Waals surface area contributed by atoms with Gasteiger partial charge in [-0.25, -0.2) is 4.39 Å². The lowest BCUT2D eigenvalue weighted by atomic mass is 10.0. The Hall–Kier alpha value is -3.28. The van der Waals surface area contributed by atoms with E-state index in [1.807, 2.05) is 36.4 Å². The maximum Gasteiger partial charge on any atom is 0.315 e. The summed E-state index contributed by atoms with van der Waals surface area (Å²) >= 11 is 0. The van der Waals surface area contributed by atoms with Crippen molar-refractivity contribution in [3.05, 3.63) is 82.2 Å². The Morgan fingerprint density at radius 2 is 1.83 bits per heavy atom. The lowest BCUT2D eigenvalue weighted by Crippen LogP contribution is -2.12. The molecule has 0 spiro atoms. The molecule has 120 valence electrons. The van der Waals surface area contributed by atoms with Gasteiger partial charge in [0.1, 0.15) is 5.82 Å². The highest BCUT2D eigenvalue weighted by atomic mass is 19.1. The van der Waals surface area contributed by atoms with E-state index < -0.39 is 28.1 Å². The summed E-state index contributed by atoms with van der Waals surface area (Å²) in [6, 6.07) is 15.8. The summed E-state index contributed by atoms with van der Waals surface area (Å²) in [5.74, 6) is -1.81. The molecule has 0 aliphatic heterocycles. The Labute approximate surface area is 136 Å². The predicted octanol–water partition coefficient (Wildman–Crippen LogP) is 4.04. The van der Waals surface area contributed by atoms with E-state index in [0.29, 0.717) is 0 Å². The molecule has 0 bridgehead atoms. The summed E-state index contributed by atoms with van der Waals surface area (Å²) in [5, 5.41) is 12.8. The van der Waals surface area contributed by atoms with Crippen LogP contribution in [0.4, 0.5) is 10.1 Å². The second kappa shape index (κ2) is 6.45. The number of benzene rings is 3. The summed E-state index contributed by atoms with van der Waals surface area (Å²) in [5.41, 5.74) is 0.278. The minimum absolute atomic E-state index is 0.0744. The van der Waals surface area contributed by atoms with Crippen molar-refractivity contribution in [1.82, 2.24) is 0 Å². The molecular weight excluding hydrogens is 313 g/mol. The molecule has 0 fully saturated rings. The highest BCUT2D eigenvalue weighted by Crippen LogP contribution is 2.28. The molecule has 0 radical (unpaired) electrons. The minimum atomic E-state index is -0.722. The van der Waals surface area contributed by atoms with Crippen molar-refractivity contribution < 1.29 is 18.8 Å². The largest absolute Gasteiger partial charge is 0.419 e. The zero-order valence-corrected chi connectivity index (χ0v) is 12.4. The van der Waals surface area contributed by atoms with Gasteiger partial charge in [0.2, 0.25) is 5.75 Å². The zero-order chi connectivity index (χ0) is 17.1. The second-order valence-electron chi connectivity index (χ2n) is 5.16. The standard InChI is InChI=1S/C18H12FNO4/c19-14-8-9-16(20(22)23)17(11-14)24-18(21)10-13-6-3-5-12-4-1-2-7-15(12)13/h1-9,11H,10H2. The fourth-order valence-corrected chi connectivity index (χ4v) is 2.48. The van der Waals surface area contributed by atoms with Gasteiger partial charge in [-0.15, -0.1) is 0 Å². The van der Waals surface area contributed by atoms with Gasteiger partial charge >= 0.3 is 11.7 Å². The van der Waals surface area contributed by atoms with Crippen molar-refractivity contribution in [3.63, 3.8) is 0 Å². The maximum atomic E-state index is 13.3. The Morgan fingerprint density at radius 3 is 2.62 bits per heavy atom. The van der Waals surface area contributed by atoms with Crippen molar-refractivity contribution in [2.75, 3.05) is 0 Å². The van der Waals surface area contributed by atoms with E-state index >= 15 is 0 Å². The van der Waals surface area contributed by atoms with Gasteiger partial charge in [0.05, 0.1) is 11.3 Å². The summed E-state index contributed by atoms with van der Waals surface area (Å²) in [6.45, 7) is 0. The third-order valence-corrected chi connectivity index (χ3v) is 3.56. The Bertz CT molecular complexity index is 934. The number of nitrogens with zero attached hydrogens (tertiary/aromatic N) is 1. The first-order chi connectivity index (χ1) is 11.5. The van der Waals surface area contributed by atoms with Gasteiger partial charge < -0.3 is 4.74 Å². The van der Waals surface area contributed by atoms with Crippen molar-refractivity contribution in [2.24, 2.45) is 0 Å². The molecular formula is C18H12FNO4. The molecule has 5 nitrogen and oxygen atoms in total. The summed E-state index contributed by atoms with van der Waals surface area (Å²) in [4.78, 5) is 22.4. The van der Waals surface area contributed by atoms with Crippen molar-refractivity contribution in [2.45, 2.75) is 6.42 Å². The monoisotopic (exact) mass is 325 g/mol. The van der Waals surface area contributed by atoms with Crippen molar-refractivity contribution >= 4 is 22.4 Å². The molecule has 0 unspecified atom stereocenters. The summed E-state index contributed by atoms with van der Waals surface area (Å²) < 4.78 is 18.3. The molecule has 0 saturated heterocycles. The molecule has 3 rings (SSSR count). The fraction of sp³-hybridized carbons (Fsp3) is 0.0556. The van der Waals surface area contributed by atoms with E-state index in [1.165, 1.54) is 0 Å². The molecule has 6 heteroatoms. The van der Waals surface area contributed by atoms with Crippen molar-refractivity contribution in [1.29, 1.82) is 0 Å². The topological polar surface area (TPSA) is 69.4 Å². The van der Waals surface area contributed by atoms with Crippen LogP contribution >= 0.6 is 0 Å². The number of fused-ring (bicyclic) bond motifs is 1. The molecule has 0 aliphatic rings. The van der Waals surface area contributed by atoms with E-state index in [2.05, 4.69) is 0 Å². The maximum absolute atomic E-state index is 13.3. The quantitative estimate of drug-likeness (QED) is 0.314. The molecule has 0 saturated carbocycles. The van der Waals surface area contributed by atoms with Gasteiger partial charge in [-0.1, -0.05) is 42.5 Å². The van der Waals surface area contributed by atoms with E-state index in [9.17, 15) is 19.3 Å². The number of halogens is 1. The number of ether oxygens (including phenoxy) is 1. The van der Waals surface area contributed by atoms with Crippen LogP contribution in [0.25, 0.3) is 10.8 Å². The molecule has 3 aromatic rings. The van der Waals surface area contributed by atoms with Gasteiger partial charge in [-0.05, 0) is 22.4 Å². The summed E-state index contributed by atoms with van der Waals surface area (Å²) in [7, 11) is 0. The van der Waals surface area contributed by atoms with E-state index in [1.54, 1.807) is 6.07 Å². The van der Waals surface area contributed by atoms with Gasteiger partial charge in [0.25, 0.3) is 0 Å². The minimum Gasteiger partial charge on any atom is -0.419 e. The smallest absolute Gasteiger partial charge is 0.315 e. The zero-order valence-electron chi connectivity index (χ0n) is 12.4. The number of rotatable bonds is 4. The highest BCUT2D eigenvalue weighted by molar-refractivity contribution is 5.89. The Morgan fingerprint density at radius 1 is 1.08 bits per heavy atom. The van der Waals surface area contributed by atoms with E-state index in [4.69, 9.17) is 4.74 Å². The van der Waals surface area contributed by atoms with Gasteiger partial charge in [-0.2, -0.15) is 0 Å². The normalized spacial score (nSPS) is 10.5. The lowest BCUT2D eigenvalue weighted by molar-refractivity contribution is -0.385. The van der Waals surface area contributed by atoms with Crippen LogP contribution in [0.5, 0.6) is 5.75 Å². The highest BCUT2D eigenvalue weighted by Gasteiger charge is 2.19. The number of hydrogen-bond acceptors (Lipinski definition) is 4. The molecule has 0 aliphatic carbocycles. The molecule has 0 heterocycles. The molecule has 0 amide bonds. The van der Waals surface area contributed by atoms with Gasteiger partial charge in [0, 0.05) is 12.1 Å². The van der Waals surface area contributed by atoms with Crippen LogP contribution in [-0.4, -0.2) is 10.9 Å². The molecule has 0 atom stereocenters. The summed E-state index contributed by atoms with van der Waals surface area (Å²) in [6.07, 6.45) is -0.0744. The van der Waals surface area contributed by atoms with E-state index in [-0.39, 0.29) is 6.42 Å². The average molecular weight is 325 g/mol. The van der Waals surface area contributed by atoms with Crippen LogP contribution in [-0.2, 0) is 11.2 Å². The molecule has 24 heavy (non-hydrogen) atoms. The molecule has 3 aromatic carbocycles. The Balaban J connectivity index is 1.86.